The van der Waals surface area contributed by atoms with E-state index >= 15 is 0 Å². The monoisotopic (exact) mass is 381 g/mol. The van der Waals surface area contributed by atoms with Crippen LogP contribution in [0.5, 0.6) is 0 Å². The van der Waals surface area contributed by atoms with Crippen LogP contribution in [-0.4, -0.2) is 46.9 Å². The van der Waals surface area contributed by atoms with Crippen molar-refractivity contribution in [3.05, 3.63) is 41.9 Å². The SMILES string of the molecule is CC(C)[As]c1cc(-n2ncc3cc(C#N)cnc32)ncc1/C=N/O. The van der Waals surface area contributed by atoms with Gasteiger partial charge in [0.2, 0.25) is 0 Å². The average Bonchev–Trinajstić information content (AvgIpc) is 2.99. The molecule has 0 fully saturated rings. The van der Waals surface area contributed by atoms with Crippen molar-refractivity contribution >= 4 is 37.4 Å². The molecule has 0 amide bonds. The number of hydrogen-bond donors (Lipinski definition) is 1. The Hall–Kier alpha value is -2.71. The van der Waals surface area contributed by atoms with E-state index in [-0.39, 0.29) is 15.8 Å². The van der Waals surface area contributed by atoms with Gasteiger partial charge in [-0.2, -0.15) is 0 Å². The second kappa shape index (κ2) is 6.81. The Labute approximate surface area is 145 Å². The summed E-state index contributed by atoms with van der Waals surface area (Å²) < 4.78 is 3.30. The van der Waals surface area contributed by atoms with Crippen molar-refractivity contribution in [2.45, 2.75) is 18.6 Å². The van der Waals surface area contributed by atoms with Crippen LogP contribution in [0.1, 0.15) is 25.0 Å². The van der Waals surface area contributed by atoms with Crippen LogP contribution < -0.4 is 4.35 Å². The molecule has 24 heavy (non-hydrogen) atoms. The Bertz CT molecular complexity index is 957. The quantitative estimate of drug-likeness (QED) is 0.321. The van der Waals surface area contributed by atoms with Crippen molar-refractivity contribution in [1.82, 2.24) is 19.7 Å². The Balaban J connectivity index is 2.11. The van der Waals surface area contributed by atoms with E-state index in [4.69, 9.17) is 10.5 Å². The van der Waals surface area contributed by atoms with Gasteiger partial charge in [0.1, 0.15) is 0 Å². The molecule has 3 aromatic rings. The van der Waals surface area contributed by atoms with Gasteiger partial charge in [0, 0.05) is 0 Å². The van der Waals surface area contributed by atoms with Crippen molar-refractivity contribution < 1.29 is 5.21 Å². The van der Waals surface area contributed by atoms with Crippen LogP contribution in [0.3, 0.4) is 0 Å². The first-order chi connectivity index (χ1) is 11.6. The molecular weight excluding hydrogens is 367 g/mol. The normalized spacial score (nSPS) is 11.9. The van der Waals surface area contributed by atoms with Crippen LogP contribution >= 0.6 is 0 Å². The molecule has 0 unspecified atom stereocenters. The number of oxime groups is 1. The molecule has 1 radical (unpaired) electrons. The van der Waals surface area contributed by atoms with E-state index in [1.54, 1.807) is 23.1 Å². The summed E-state index contributed by atoms with van der Waals surface area (Å²) in [5.41, 5.74) is 1.96. The van der Waals surface area contributed by atoms with E-state index in [9.17, 15) is 0 Å². The van der Waals surface area contributed by atoms with E-state index < -0.39 is 0 Å². The second-order valence-electron chi connectivity index (χ2n) is 5.37. The zero-order chi connectivity index (χ0) is 17.1. The van der Waals surface area contributed by atoms with E-state index in [0.29, 0.717) is 21.7 Å². The van der Waals surface area contributed by atoms with Gasteiger partial charge >= 0.3 is 145 Å². The fourth-order valence-corrected chi connectivity index (χ4v) is 4.38. The minimum absolute atomic E-state index is 0.100. The first-order valence-corrected chi connectivity index (χ1v) is 9.27. The molecule has 8 heteroatoms. The van der Waals surface area contributed by atoms with Gasteiger partial charge in [0.25, 0.3) is 0 Å². The number of rotatable bonds is 4. The molecule has 0 bridgehead atoms. The van der Waals surface area contributed by atoms with Gasteiger partial charge in [-0.1, -0.05) is 0 Å². The van der Waals surface area contributed by atoms with Gasteiger partial charge in [-0.05, 0) is 0 Å². The first-order valence-electron chi connectivity index (χ1n) is 7.25. The average molecular weight is 381 g/mol. The Kier molecular flexibility index (Phi) is 4.59. The number of hydrogen-bond acceptors (Lipinski definition) is 6. The van der Waals surface area contributed by atoms with Gasteiger partial charge in [0.15, 0.2) is 0 Å². The van der Waals surface area contributed by atoms with E-state index in [0.717, 1.165) is 15.3 Å². The molecular formula is C16H14AsN6O. The third-order valence-corrected chi connectivity index (χ3v) is 5.73. The maximum atomic E-state index is 8.96. The van der Waals surface area contributed by atoms with Gasteiger partial charge in [-0.25, -0.2) is 0 Å². The van der Waals surface area contributed by atoms with Crippen LogP contribution in [0.15, 0.2) is 35.9 Å². The zero-order valence-electron chi connectivity index (χ0n) is 13.1. The Morgan fingerprint density at radius 1 is 1.29 bits per heavy atom. The molecule has 119 valence electrons. The summed E-state index contributed by atoms with van der Waals surface area (Å²) >= 11 is -0.100. The third-order valence-electron chi connectivity index (χ3n) is 3.25. The number of aromatic nitrogens is 4. The number of fused-ring (bicyclic) bond motifs is 1. The van der Waals surface area contributed by atoms with E-state index in [2.05, 4.69) is 40.1 Å². The standard InChI is InChI=1S/C16H14AsN6O/c1-10(2)17-14-4-15(19-7-13(14)9-22-24)23-16-12(8-21-23)3-11(5-18)6-20-16/h3-4,6-10,24H,1-2H3/b22-9+. The molecule has 7 nitrogen and oxygen atoms in total. The minimum atomic E-state index is -0.100. The number of nitrogens with zero attached hydrogens (tertiary/aromatic N) is 6. The maximum absolute atomic E-state index is 8.96. The summed E-state index contributed by atoms with van der Waals surface area (Å²) in [5.74, 6) is 0.656. The van der Waals surface area contributed by atoms with Crippen LogP contribution in [0, 0.1) is 11.3 Å². The summed E-state index contributed by atoms with van der Waals surface area (Å²) in [6.45, 7) is 4.32. The van der Waals surface area contributed by atoms with Crippen LogP contribution in [0.2, 0.25) is 4.71 Å². The molecule has 0 aromatic carbocycles. The molecule has 0 spiro atoms. The molecule has 0 atom stereocenters. The zero-order valence-corrected chi connectivity index (χ0v) is 15.0. The van der Waals surface area contributed by atoms with Gasteiger partial charge < -0.3 is 0 Å². The summed E-state index contributed by atoms with van der Waals surface area (Å²) in [6.07, 6.45) is 6.28. The summed E-state index contributed by atoms with van der Waals surface area (Å²) in [5, 5.41) is 26.0. The Morgan fingerprint density at radius 3 is 2.83 bits per heavy atom. The van der Waals surface area contributed by atoms with Crippen molar-refractivity contribution in [3.8, 4) is 11.9 Å². The molecule has 3 heterocycles. The molecule has 3 aromatic heterocycles. The summed E-state index contributed by atoms with van der Waals surface area (Å²) in [7, 11) is 0. The molecule has 1 N–H and O–H groups in total. The molecule has 3 rings (SSSR count). The van der Waals surface area contributed by atoms with E-state index in [1.165, 1.54) is 12.4 Å². The fourth-order valence-electron chi connectivity index (χ4n) is 2.26. The summed E-state index contributed by atoms with van der Waals surface area (Å²) in [4.78, 5) is 8.73. The molecule has 0 saturated heterocycles. The molecule has 0 aliphatic carbocycles. The topological polar surface area (TPSA) is 100.0 Å². The van der Waals surface area contributed by atoms with Gasteiger partial charge in [0.05, 0.1) is 0 Å². The predicted molar refractivity (Wildman–Crippen MR) is 91.2 cm³/mol. The van der Waals surface area contributed by atoms with E-state index in [1.807, 2.05) is 6.07 Å². The predicted octanol–water partition coefficient (Wildman–Crippen LogP) is 1.65. The number of pyridine rings is 2. The first kappa shape index (κ1) is 16.2. The van der Waals surface area contributed by atoms with Gasteiger partial charge in [-0.3, -0.25) is 0 Å². The van der Waals surface area contributed by atoms with Crippen LogP contribution in [0.4, 0.5) is 0 Å². The summed E-state index contributed by atoms with van der Waals surface area (Å²) in [6, 6.07) is 5.78. The molecule has 0 saturated carbocycles. The second-order valence-corrected chi connectivity index (χ2v) is 9.09. The molecule has 0 aliphatic rings. The van der Waals surface area contributed by atoms with Crippen molar-refractivity contribution in [1.29, 1.82) is 5.26 Å². The van der Waals surface area contributed by atoms with Crippen molar-refractivity contribution in [2.24, 2.45) is 5.16 Å². The van der Waals surface area contributed by atoms with Crippen molar-refractivity contribution in [3.63, 3.8) is 0 Å². The third kappa shape index (κ3) is 3.15. The van der Waals surface area contributed by atoms with Gasteiger partial charge in [-0.15, -0.1) is 0 Å². The Morgan fingerprint density at radius 2 is 2.12 bits per heavy atom. The fraction of sp³-hybridized carbons (Fsp3) is 0.188. The number of nitriles is 1. The van der Waals surface area contributed by atoms with Crippen molar-refractivity contribution in [2.75, 3.05) is 0 Å². The van der Waals surface area contributed by atoms with Crippen LogP contribution in [-0.2, 0) is 0 Å². The molecule has 0 aliphatic heterocycles. The van der Waals surface area contributed by atoms with Crippen LogP contribution in [0.25, 0.3) is 16.9 Å².